The predicted molar refractivity (Wildman–Crippen MR) is 84.4 cm³/mol. The topological polar surface area (TPSA) is 35.6 Å². The first-order valence-corrected chi connectivity index (χ1v) is 8.00. The summed E-state index contributed by atoms with van der Waals surface area (Å²) in [5.41, 5.74) is 0.807. The predicted octanol–water partition coefficient (Wildman–Crippen LogP) is 1.44. The minimum absolute atomic E-state index is 0.176. The van der Waals surface area contributed by atoms with Gasteiger partial charge in [0, 0.05) is 31.2 Å². The number of rotatable bonds is 2. The highest BCUT2D eigenvalue weighted by atomic mass is 16.2. The molecule has 0 spiro atoms. The van der Waals surface area contributed by atoms with Gasteiger partial charge in [-0.25, -0.2) is 0 Å². The van der Waals surface area contributed by atoms with Crippen LogP contribution in [0, 0.1) is 5.92 Å². The summed E-state index contributed by atoms with van der Waals surface area (Å²) >= 11 is 0. The maximum absolute atomic E-state index is 12.6. The summed E-state index contributed by atoms with van der Waals surface area (Å²) in [6.07, 6.45) is 2.48. The molecule has 114 valence electrons. The second-order valence-electron chi connectivity index (χ2n) is 6.32. The fourth-order valence-corrected chi connectivity index (χ4v) is 3.47. The van der Waals surface area contributed by atoms with Crippen LogP contribution in [0.5, 0.6) is 0 Å². The first-order chi connectivity index (χ1) is 10.2. The van der Waals surface area contributed by atoms with Crippen LogP contribution in [0.2, 0.25) is 0 Å². The van der Waals surface area contributed by atoms with Gasteiger partial charge in [-0.15, -0.1) is 0 Å². The average molecular weight is 287 g/mol. The monoisotopic (exact) mass is 287 g/mol. The van der Waals surface area contributed by atoms with Crippen molar-refractivity contribution in [2.24, 2.45) is 5.92 Å². The molecule has 1 unspecified atom stereocenters. The number of benzene rings is 1. The molecule has 2 saturated heterocycles. The zero-order valence-electron chi connectivity index (χ0n) is 12.8. The van der Waals surface area contributed by atoms with Crippen molar-refractivity contribution in [3.05, 3.63) is 35.9 Å². The Morgan fingerprint density at radius 2 is 1.86 bits per heavy atom. The molecule has 1 aromatic rings. The van der Waals surface area contributed by atoms with Gasteiger partial charge in [0.2, 0.25) is 0 Å². The molecule has 0 radical (unpaired) electrons. The molecule has 1 atom stereocenters. The quantitative estimate of drug-likeness (QED) is 0.894. The number of hydrogen-bond donors (Lipinski definition) is 1. The van der Waals surface area contributed by atoms with E-state index in [1.165, 1.54) is 25.9 Å². The number of carbonyl (C=O) groups is 1. The third-order valence-electron chi connectivity index (χ3n) is 4.85. The Hall–Kier alpha value is -1.39. The van der Waals surface area contributed by atoms with Crippen molar-refractivity contribution in [1.29, 1.82) is 0 Å². The zero-order valence-corrected chi connectivity index (χ0v) is 12.8. The molecule has 0 aromatic heterocycles. The summed E-state index contributed by atoms with van der Waals surface area (Å²) in [6.45, 7) is 4.93. The van der Waals surface area contributed by atoms with Crippen molar-refractivity contribution in [3.63, 3.8) is 0 Å². The molecular weight excluding hydrogens is 262 g/mol. The Kier molecular flexibility index (Phi) is 4.56. The van der Waals surface area contributed by atoms with E-state index in [0.717, 1.165) is 25.2 Å². The van der Waals surface area contributed by atoms with Crippen molar-refractivity contribution < 1.29 is 4.79 Å². The standard InChI is InChI=1S/C17H25N3O/c1-19-10-7-14(8-11-19)16-13-20(12-9-18-16)17(21)15-5-3-2-4-6-15/h2-6,14,16,18H,7-13H2,1H3. The second kappa shape index (κ2) is 6.58. The Morgan fingerprint density at radius 1 is 1.14 bits per heavy atom. The highest BCUT2D eigenvalue weighted by Gasteiger charge is 2.31. The van der Waals surface area contributed by atoms with Crippen LogP contribution in [-0.2, 0) is 0 Å². The van der Waals surface area contributed by atoms with Gasteiger partial charge in [0.05, 0.1) is 0 Å². The van der Waals surface area contributed by atoms with Crippen molar-refractivity contribution in [1.82, 2.24) is 15.1 Å². The molecule has 0 aliphatic carbocycles. The maximum Gasteiger partial charge on any atom is 0.253 e. The Balaban J connectivity index is 1.62. The molecule has 1 amide bonds. The van der Waals surface area contributed by atoms with Crippen molar-refractivity contribution in [2.75, 3.05) is 39.8 Å². The van der Waals surface area contributed by atoms with Crippen LogP contribution < -0.4 is 5.32 Å². The molecule has 2 fully saturated rings. The molecule has 3 rings (SSSR count). The number of piperidine rings is 1. The number of nitrogens with one attached hydrogen (secondary N) is 1. The van der Waals surface area contributed by atoms with Gasteiger partial charge in [0.1, 0.15) is 0 Å². The number of amides is 1. The van der Waals surface area contributed by atoms with E-state index < -0.39 is 0 Å². The van der Waals surface area contributed by atoms with E-state index in [4.69, 9.17) is 0 Å². The fourth-order valence-electron chi connectivity index (χ4n) is 3.47. The number of hydrogen-bond acceptors (Lipinski definition) is 3. The molecule has 1 N–H and O–H groups in total. The maximum atomic E-state index is 12.6. The van der Waals surface area contributed by atoms with Gasteiger partial charge in [-0.3, -0.25) is 4.79 Å². The lowest BCUT2D eigenvalue weighted by Gasteiger charge is -2.40. The normalized spacial score (nSPS) is 25.0. The third-order valence-corrected chi connectivity index (χ3v) is 4.85. The Morgan fingerprint density at radius 3 is 2.57 bits per heavy atom. The first-order valence-electron chi connectivity index (χ1n) is 8.00. The van der Waals surface area contributed by atoms with Gasteiger partial charge in [-0.05, 0) is 51.0 Å². The van der Waals surface area contributed by atoms with Gasteiger partial charge in [-0.1, -0.05) is 18.2 Å². The Labute approximate surface area is 127 Å². The van der Waals surface area contributed by atoms with Gasteiger partial charge >= 0.3 is 0 Å². The van der Waals surface area contributed by atoms with E-state index >= 15 is 0 Å². The van der Waals surface area contributed by atoms with Gasteiger partial charge in [0.15, 0.2) is 0 Å². The molecule has 2 aliphatic rings. The molecular formula is C17H25N3O. The number of nitrogens with zero attached hydrogens (tertiary/aromatic N) is 2. The lowest BCUT2D eigenvalue weighted by atomic mass is 9.88. The smallest absolute Gasteiger partial charge is 0.253 e. The SMILES string of the molecule is CN1CCC(C2CN(C(=O)c3ccccc3)CCN2)CC1. The minimum atomic E-state index is 0.176. The fraction of sp³-hybridized carbons (Fsp3) is 0.588. The van der Waals surface area contributed by atoms with Crippen LogP contribution in [0.4, 0.5) is 0 Å². The van der Waals surface area contributed by atoms with Crippen LogP contribution in [0.25, 0.3) is 0 Å². The summed E-state index contributed by atoms with van der Waals surface area (Å²) in [6, 6.07) is 10.1. The molecule has 0 saturated carbocycles. The summed E-state index contributed by atoms with van der Waals surface area (Å²) in [7, 11) is 2.19. The number of carbonyl (C=O) groups excluding carboxylic acids is 1. The molecule has 21 heavy (non-hydrogen) atoms. The van der Waals surface area contributed by atoms with Crippen molar-refractivity contribution >= 4 is 5.91 Å². The van der Waals surface area contributed by atoms with E-state index in [1.54, 1.807) is 0 Å². The van der Waals surface area contributed by atoms with E-state index in [0.29, 0.717) is 12.0 Å². The molecule has 0 bridgehead atoms. The van der Waals surface area contributed by atoms with Gasteiger partial charge in [0.25, 0.3) is 5.91 Å². The Bertz CT molecular complexity index is 468. The zero-order chi connectivity index (χ0) is 14.7. The van der Waals surface area contributed by atoms with E-state index in [9.17, 15) is 4.79 Å². The molecule has 1 aromatic carbocycles. The van der Waals surface area contributed by atoms with Crippen LogP contribution in [0.3, 0.4) is 0 Å². The molecule has 2 heterocycles. The van der Waals surface area contributed by atoms with E-state index in [1.807, 2.05) is 35.2 Å². The van der Waals surface area contributed by atoms with Gasteiger partial charge in [-0.2, -0.15) is 0 Å². The lowest BCUT2D eigenvalue weighted by Crippen LogP contribution is -2.56. The van der Waals surface area contributed by atoms with Crippen LogP contribution in [-0.4, -0.2) is 61.5 Å². The van der Waals surface area contributed by atoms with Crippen LogP contribution >= 0.6 is 0 Å². The highest BCUT2D eigenvalue weighted by Crippen LogP contribution is 2.22. The number of likely N-dealkylation sites (tertiary alicyclic amines) is 1. The lowest BCUT2D eigenvalue weighted by molar-refractivity contribution is 0.0643. The largest absolute Gasteiger partial charge is 0.336 e. The summed E-state index contributed by atoms with van der Waals surface area (Å²) < 4.78 is 0. The minimum Gasteiger partial charge on any atom is -0.336 e. The molecule has 4 heteroatoms. The van der Waals surface area contributed by atoms with E-state index in [-0.39, 0.29) is 5.91 Å². The van der Waals surface area contributed by atoms with Gasteiger partial charge < -0.3 is 15.1 Å². The summed E-state index contributed by atoms with van der Waals surface area (Å²) in [5, 5.41) is 3.63. The molecule has 4 nitrogen and oxygen atoms in total. The molecule has 2 aliphatic heterocycles. The van der Waals surface area contributed by atoms with E-state index in [2.05, 4.69) is 17.3 Å². The number of piperazine rings is 1. The first kappa shape index (κ1) is 14.5. The van der Waals surface area contributed by atoms with Crippen LogP contribution in [0.15, 0.2) is 30.3 Å². The van der Waals surface area contributed by atoms with Crippen molar-refractivity contribution in [3.8, 4) is 0 Å². The van der Waals surface area contributed by atoms with Crippen molar-refractivity contribution in [2.45, 2.75) is 18.9 Å². The van der Waals surface area contributed by atoms with Crippen LogP contribution in [0.1, 0.15) is 23.2 Å². The third kappa shape index (κ3) is 3.44. The average Bonchev–Trinajstić information content (AvgIpc) is 2.56. The highest BCUT2D eigenvalue weighted by molar-refractivity contribution is 5.94. The second-order valence-corrected chi connectivity index (χ2v) is 6.32. The summed E-state index contributed by atoms with van der Waals surface area (Å²) in [5.74, 6) is 0.877. The summed E-state index contributed by atoms with van der Waals surface area (Å²) in [4.78, 5) is 17.0.